The normalized spacial score (nSPS) is 11.6. The quantitative estimate of drug-likeness (QED) is 0.623. The molecule has 7 heteroatoms. The number of thiophene rings is 1. The van der Waals surface area contributed by atoms with Crippen LogP contribution in [0.5, 0.6) is 6.01 Å². The first-order valence-electron chi connectivity index (χ1n) is 9.29. The minimum absolute atomic E-state index is 0.00700. The summed E-state index contributed by atoms with van der Waals surface area (Å²) in [5.74, 6) is 0.739. The molecule has 0 saturated heterocycles. The van der Waals surface area contributed by atoms with Gasteiger partial charge < -0.3 is 10.1 Å². The van der Waals surface area contributed by atoms with Crippen molar-refractivity contribution in [1.29, 1.82) is 0 Å². The van der Waals surface area contributed by atoms with Crippen LogP contribution in [0.25, 0.3) is 16.4 Å². The summed E-state index contributed by atoms with van der Waals surface area (Å²) in [5.41, 5.74) is 1.56. The standard InChI is InChI=1S/C21H26N4O2S/c1-14(2)27-20-23-19(17-7-6-12-28-17)25(24-20)16-10-8-15(9-11-16)22-18(26)13-21(3,4)5/h6-12,14H,13H2,1-5H3,(H,22,26). The van der Waals surface area contributed by atoms with Crippen LogP contribution in [0.1, 0.15) is 41.0 Å². The van der Waals surface area contributed by atoms with Crippen molar-refractivity contribution in [3.8, 4) is 22.4 Å². The van der Waals surface area contributed by atoms with Gasteiger partial charge >= 0.3 is 6.01 Å². The predicted molar refractivity (Wildman–Crippen MR) is 113 cm³/mol. The zero-order chi connectivity index (χ0) is 20.3. The highest BCUT2D eigenvalue weighted by Crippen LogP contribution is 2.28. The van der Waals surface area contributed by atoms with E-state index in [1.165, 1.54) is 0 Å². The van der Waals surface area contributed by atoms with E-state index in [2.05, 4.69) is 15.4 Å². The molecule has 2 heterocycles. The van der Waals surface area contributed by atoms with Crippen LogP contribution in [0.15, 0.2) is 41.8 Å². The smallest absolute Gasteiger partial charge is 0.336 e. The van der Waals surface area contributed by atoms with Gasteiger partial charge in [-0.15, -0.1) is 16.4 Å². The van der Waals surface area contributed by atoms with E-state index in [9.17, 15) is 4.79 Å². The third kappa shape index (κ3) is 5.19. The van der Waals surface area contributed by atoms with Crippen LogP contribution in [0.2, 0.25) is 0 Å². The van der Waals surface area contributed by atoms with Crippen LogP contribution < -0.4 is 10.1 Å². The minimum Gasteiger partial charge on any atom is -0.460 e. The van der Waals surface area contributed by atoms with E-state index in [1.54, 1.807) is 16.0 Å². The molecule has 0 atom stereocenters. The van der Waals surface area contributed by atoms with E-state index in [1.807, 2.05) is 76.4 Å². The lowest BCUT2D eigenvalue weighted by atomic mass is 9.92. The van der Waals surface area contributed by atoms with E-state index in [4.69, 9.17) is 4.74 Å². The summed E-state index contributed by atoms with van der Waals surface area (Å²) in [4.78, 5) is 17.7. The van der Waals surface area contributed by atoms with E-state index in [0.717, 1.165) is 22.1 Å². The molecule has 0 aliphatic rings. The number of benzene rings is 1. The van der Waals surface area contributed by atoms with Crippen LogP contribution in [0, 0.1) is 5.41 Å². The van der Waals surface area contributed by atoms with Crippen molar-refractivity contribution >= 4 is 22.9 Å². The first kappa shape index (κ1) is 20.1. The fraction of sp³-hybridized carbons (Fsp3) is 0.381. The van der Waals surface area contributed by atoms with Gasteiger partial charge in [0.2, 0.25) is 5.91 Å². The topological polar surface area (TPSA) is 69.0 Å². The number of amides is 1. The molecule has 0 fully saturated rings. The van der Waals surface area contributed by atoms with Gasteiger partial charge in [-0.3, -0.25) is 4.79 Å². The Kier molecular flexibility index (Phi) is 5.84. The fourth-order valence-corrected chi connectivity index (χ4v) is 3.37. The van der Waals surface area contributed by atoms with Crippen LogP contribution in [0.4, 0.5) is 5.69 Å². The second-order valence-electron chi connectivity index (χ2n) is 8.11. The van der Waals surface area contributed by atoms with Gasteiger partial charge in [0.25, 0.3) is 0 Å². The van der Waals surface area contributed by atoms with Crippen molar-refractivity contribution < 1.29 is 9.53 Å². The third-order valence-electron chi connectivity index (χ3n) is 3.76. The molecule has 3 aromatic rings. The van der Waals surface area contributed by atoms with Crippen LogP contribution in [-0.4, -0.2) is 26.8 Å². The van der Waals surface area contributed by atoms with Gasteiger partial charge in [-0.25, -0.2) is 4.68 Å². The van der Waals surface area contributed by atoms with Gasteiger partial charge in [0, 0.05) is 12.1 Å². The van der Waals surface area contributed by atoms with Crippen molar-refractivity contribution in [3.05, 3.63) is 41.8 Å². The van der Waals surface area contributed by atoms with Crippen molar-refractivity contribution in [1.82, 2.24) is 14.8 Å². The fourth-order valence-electron chi connectivity index (χ4n) is 2.67. The van der Waals surface area contributed by atoms with Crippen LogP contribution in [-0.2, 0) is 4.79 Å². The van der Waals surface area contributed by atoms with Gasteiger partial charge in [0.05, 0.1) is 16.7 Å². The number of nitrogens with one attached hydrogen (secondary N) is 1. The van der Waals surface area contributed by atoms with Crippen molar-refractivity contribution in [2.24, 2.45) is 5.41 Å². The van der Waals surface area contributed by atoms with Crippen LogP contribution in [0.3, 0.4) is 0 Å². The molecule has 0 radical (unpaired) electrons. The molecule has 0 saturated carbocycles. The first-order chi connectivity index (χ1) is 13.2. The monoisotopic (exact) mass is 398 g/mol. The lowest BCUT2D eigenvalue weighted by Crippen LogP contribution is -2.19. The van der Waals surface area contributed by atoms with Gasteiger partial charge in [0.15, 0.2) is 5.82 Å². The average Bonchev–Trinajstić information content (AvgIpc) is 3.22. The highest BCUT2D eigenvalue weighted by molar-refractivity contribution is 7.13. The molecule has 0 aliphatic carbocycles. The average molecular weight is 399 g/mol. The molecular weight excluding hydrogens is 372 g/mol. The Morgan fingerprint density at radius 2 is 1.93 bits per heavy atom. The number of aromatic nitrogens is 3. The number of rotatable bonds is 6. The second-order valence-corrected chi connectivity index (χ2v) is 9.05. The SMILES string of the molecule is CC(C)Oc1nc(-c2cccs2)n(-c2ccc(NC(=O)CC(C)(C)C)cc2)n1. The summed E-state index contributed by atoms with van der Waals surface area (Å²) < 4.78 is 7.45. The molecule has 148 valence electrons. The van der Waals surface area contributed by atoms with Crippen molar-refractivity contribution in [2.75, 3.05) is 5.32 Å². The molecule has 0 aliphatic heterocycles. The maximum absolute atomic E-state index is 12.1. The maximum Gasteiger partial charge on any atom is 0.336 e. The summed E-state index contributed by atoms with van der Waals surface area (Å²) in [7, 11) is 0. The minimum atomic E-state index is -0.0484. The largest absolute Gasteiger partial charge is 0.460 e. The molecule has 0 unspecified atom stereocenters. The van der Waals surface area contributed by atoms with Crippen molar-refractivity contribution in [3.63, 3.8) is 0 Å². The summed E-state index contributed by atoms with van der Waals surface area (Å²) in [6, 6.07) is 11.9. The number of anilines is 1. The molecule has 1 amide bonds. The number of hydrogen-bond donors (Lipinski definition) is 1. The zero-order valence-electron chi connectivity index (χ0n) is 16.9. The third-order valence-corrected chi connectivity index (χ3v) is 4.62. The van der Waals surface area contributed by atoms with Gasteiger partial charge in [-0.2, -0.15) is 4.98 Å². The highest BCUT2D eigenvalue weighted by atomic mass is 32.1. The van der Waals surface area contributed by atoms with Gasteiger partial charge in [-0.05, 0) is 55.0 Å². The summed E-state index contributed by atoms with van der Waals surface area (Å²) in [6.07, 6.45) is 0.462. The van der Waals surface area contributed by atoms with E-state index in [-0.39, 0.29) is 17.4 Å². The molecular formula is C21H26N4O2S. The molecule has 0 spiro atoms. The molecule has 28 heavy (non-hydrogen) atoms. The molecule has 0 bridgehead atoms. The summed E-state index contributed by atoms with van der Waals surface area (Å²) >= 11 is 1.60. The Morgan fingerprint density at radius 1 is 1.21 bits per heavy atom. The molecule has 1 N–H and O–H groups in total. The number of ether oxygens (including phenoxy) is 1. The zero-order valence-corrected chi connectivity index (χ0v) is 17.7. The highest BCUT2D eigenvalue weighted by Gasteiger charge is 2.18. The van der Waals surface area contributed by atoms with E-state index >= 15 is 0 Å². The van der Waals surface area contributed by atoms with Crippen LogP contribution >= 0.6 is 11.3 Å². The molecule has 1 aromatic carbocycles. The Bertz CT molecular complexity index is 922. The lowest BCUT2D eigenvalue weighted by Gasteiger charge is -2.17. The van der Waals surface area contributed by atoms with Gasteiger partial charge in [-0.1, -0.05) is 26.8 Å². The lowest BCUT2D eigenvalue weighted by molar-refractivity contribution is -0.117. The number of carbonyl (C=O) groups excluding carboxylic acids is 1. The molecule has 2 aromatic heterocycles. The summed E-state index contributed by atoms with van der Waals surface area (Å²) in [6.45, 7) is 10.0. The Hall–Kier alpha value is -2.67. The Morgan fingerprint density at radius 3 is 2.50 bits per heavy atom. The van der Waals surface area contributed by atoms with Crippen molar-refractivity contribution in [2.45, 2.75) is 47.1 Å². The number of carbonyl (C=O) groups is 1. The Labute approximate surface area is 169 Å². The van der Waals surface area contributed by atoms with E-state index < -0.39 is 0 Å². The van der Waals surface area contributed by atoms with E-state index in [0.29, 0.717) is 12.4 Å². The summed E-state index contributed by atoms with van der Waals surface area (Å²) in [5, 5.41) is 9.47. The first-order valence-corrected chi connectivity index (χ1v) is 10.2. The number of nitrogens with zero attached hydrogens (tertiary/aromatic N) is 3. The molecule has 6 nitrogen and oxygen atoms in total. The predicted octanol–water partition coefficient (Wildman–Crippen LogP) is 5.16. The molecule has 3 rings (SSSR count). The second kappa shape index (κ2) is 8.14. The van der Waals surface area contributed by atoms with Gasteiger partial charge in [0.1, 0.15) is 0 Å². The maximum atomic E-state index is 12.1. The Balaban J connectivity index is 1.85. The number of hydrogen-bond acceptors (Lipinski definition) is 5.